The molecule has 2 aliphatic heterocycles. The van der Waals surface area contributed by atoms with E-state index < -0.39 is 111 Å². The van der Waals surface area contributed by atoms with Crippen molar-refractivity contribution in [2.75, 3.05) is 19.7 Å². The van der Waals surface area contributed by atoms with E-state index in [9.17, 15) is 39.8 Å². The molecular weight excluding hydrogens is 517 g/mol. The van der Waals surface area contributed by atoms with Crippen molar-refractivity contribution >= 4 is 5.91 Å². The summed E-state index contributed by atoms with van der Waals surface area (Å²) in [6, 6.07) is -3.23. The number of ether oxygens (including phenoxy) is 4. The molecule has 0 aromatic rings. The molecule has 3 aliphatic rings. The zero-order chi connectivity index (χ0) is 28.3. The van der Waals surface area contributed by atoms with Crippen molar-refractivity contribution in [3.8, 4) is 0 Å². The van der Waals surface area contributed by atoms with Crippen LogP contribution < -0.4 is 28.3 Å². The van der Waals surface area contributed by atoms with Crippen molar-refractivity contribution < 1.29 is 58.8 Å². The van der Waals surface area contributed by atoms with Crippen LogP contribution in [0.25, 0.3) is 0 Å². The Bertz CT molecular complexity index is 777. The monoisotopic (exact) mass is 557 g/mol. The van der Waals surface area contributed by atoms with E-state index in [-0.39, 0.29) is 19.4 Å². The number of rotatable bonds is 10. The normalized spacial score (nSPS) is 45.5. The molecule has 15 unspecified atom stereocenters. The minimum Gasteiger partial charge on any atom is -0.394 e. The zero-order valence-corrected chi connectivity index (χ0v) is 20.6. The van der Waals surface area contributed by atoms with E-state index in [1.165, 1.54) is 0 Å². The largest absolute Gasteiger partial charge is 0.394 e. The van der Waals surface area contributed by atoms with Gasteiger partial charge in [-0.25, -0.2) is 4.39 Å². The molecule has 1 amide bonds. The van der Waals surface area contributed by atoms with Gasteiger partial charge in [-0.3, -0.25) is 4.79 Å². The molecule has 0 aromatic heterocycles. The summed E-state index contributed by atoms with van der Waals surface area (Å²) in [5, 5.41) is 63.4. The highest BCUT2D eigenvalue weighted by atomic mass is 19.1. The SMILES string of the molecule is NCC1CC(O)C(N)C(OC2C(N)CC(NC(=O)C(O)C(F)CN)C(O)C2OC2OC(CO)C(O)C2O)O1. The standard InChI is InChI=1S/C21H40FN5O11/c22-7(4-24)13(30)19(34)27-9-2-8(25)17(37-20-12(26)10(29)1-6(3-23)35-20)18(14(9)31)38-21-16(33)15(32)11(5-28)36-21/h6-18,20-21,28-33H,1-5,23-26H2,(H,27,34). The summed E-state index contributed by atoms with van der Waals surface area (Å²) in [6.45, 7) is -1.21. The Morgan fingerprint density at radius 2 is 1.66 bits per heavy atom. The fourth-order valence-electron chi connectivity index (χ4n) is 4.78. The summed E-state index contributed by atoms with van der Waals surface area (Å²) in [5.41, 5.74) is 23.2. The van der Waals surface area contributed by atoms with E-state index in [0.29, 0.717) is 0 Å². The Morgan fingerprint density at radius 3 is 2.24 bits per heavy atom. The highest BCUT2D eigenvalue weighted by molar-refractivity contribution is 5.81. The van der Waals surface area contributed by atoms with Gasteiger partial charge in [0.25, 0.3) is 5.91 Å². The number of nitrogens with one attached hydrogen (secondary N) is 1. The number of aliphatic hydroxyl groups excluding tert-OH is 6. The first-order valence-corrected chi connectivity index (χ1v) is 12.4. The third-order valence-corrected chi connectivity index (χ3v) is 7.12. The number of carbonyl (C=O) groups excluding carboxylic acids is 1. The topological polar surface area (TPSA) is 291 Å². The molecule has 1 saturated carbocycles. The van der Waals surface area contributed by atoms with Crippen molar-refractivity contribution in [2.45, 2.75) is 105 Å². The molecule has 38 heavy (non-hydrogen) atoms. The van der Waals surface area contributed by atoms with Crippen molar-refractivity contribution in [3.05, 3.63) is 0 Å². The second kappa shape index (κ2) is 13.5. The van der Waals surface area contributed by atoms with Crippen LogP contribution in [0.1, 0.15) is 12.8 Å². The Balaban J connectivity index is 1.83. The molecule has 1 aliphatic carbocycles. The van der Waals surface area contributed by atoms with E-state index in [1.807, 2.05) is 0 Å². The Morgan fingerprint density at radius 1 is 1.00 bits per heavy atom. The lowest BCUT2D eigenvalue weighted by molar-refractivity contribution is -0.294. The number of halogens is 1. The molecule has 3 fully saturated rings. The van der Waals surface area contributed by atoms with E-state index in [2.05, 4.69) is 5.32 Å². The Labute approximate surface area is 217 Å². The summed E-state index contributed by atoms with van der Waals surface area (Å²) in [7, 11) is 0. The zero-order valence-electron chi connectivity index (χ0n) is 20.6. The van der Waals surface area contributed by atoms with Gasteiger partial charge in [0.15, 0.2) is 18.7 Å². The van der Waals surface area contributed by atoms with Gasteiger partial charge < -0.3 is 77.8 Å². The van der Waals surface area contributed by atoms with Crippen molar-refractivity contribution in [1.82, 2.24) is 5.32 Å². The number of alkyl halides is 1. The summed E-state index contributed by atoms with van der Waals surface area (Å²) in [6.07, 6.45) is -17.3. The predicted octanol–water partition coefficient (Wildman–Crippen LogP) is -6.81. The second-order valence-electron chi connectivity index (χ2n) is 9.85. The van der Waals surface area contributed by atoms with Gasteiger partial charge in [0.1, 0.15) is 42.8 Å². The average molecular weight is 558 g/mol. The summed E-state index contributed by atoms with van der Waals surface area (Å²) in [4.78, 5) is 12.4. The molecular formula is C21H40FN5O11. The maximum absolute atomic E-state index is 13.7. The van der Waals surface area contributed by atoms with Gasteiger partial charge in [-0.2, -0.15) is 0 Å². The van der Waals surface area contributed by atoms with Crippen LogP contribution in [-0.2, 0) is 23.7 Å². The van der Waals surface area contributed by atoms with Gasteiger partial charge in [0.2, 0.25) is 0 Å². The first kappa shape index (κ1) is 31.4. The molecule has 0 radical (unpaired) electrons. The highest BCUT2D eigenvalue weighted by Gasteiger charge is 2.52. The Hall–Kier alpha value is -1.16. The maximum Gasteiger partial charge on any atom is 0.252 e. The number of hydrogen-bond donors (Lipinski definition) is 11. The van der Waals surface area contributed by atoms with Crippen molar-refractivity contribution in [3.63, 3.8) is 0 Å². The van der Waals surface area contributed by atoms with E-state index >= 15 is 0 Å². The van der Waals surface area contributed by atoms with Crippen LogP contribution in [0, 0.1) is 0 Å². The Kier molecular flexibility index (Phi) is 11.1. The summed E-state index contributed by atoms with van der Waals surface area (Å²) < 4.78 is 36.5. The molecule has 2 saturated heterocycles. The first-order valence-electron chi connectivity index (χ1n) is 12.4. The van der Waals surface area contributed by atoms with Crippen LogP contribution in [0.4, 0.5) is 4.39 Å². The molecule has 3 rings (SSSR count). The highest BCUT2D eigenvalue weighted by Crippen LogP contribution is 2.32. The number of nitrogens with two attached hydrogens (primary N) is 4. The number of carbonyl (C=O) groups is 1. The fourth-order valence-corrected chi connectivity index (χ4v) is 4.78. The molecule has 0 spiro atoms. The van der Waals surface area contributed by atoms with Gasteiger partial charge in [-0.1, -0.05) is 0 Å². The second-order valence-corrected chi connectivity index (χ2v) is 9.85. The predicted molar refractivity (Wildman–Crippen MR) is 124 cm³/mol. The van der Waals surface area contributed by atoms with Crippen molar-refractivity contribution in [2.24, 2.45) is 22.9 Å². The fraction of sp³-hybridized carbons (Fsp3) is 0.952. The van der Waals surface area contributed by atoms with Crippen LogP contribution in [0.2, 0.25) is 0 Å². The minimum atomic E-state index is -2.11. The third-order valence-electron chi connectivity index (χ3n) is 7.12. The van der Waals surface area contributed by atoms with Gasteiger partial charge >= 0.3 is 0 Å². The quantitative estimate of drug-likeness (QED) is 0.119. The van der Waals surface area contributed by atoms with Gasteiger partial charge in [-0.15, -0.1) is 0 Å². The number of aliphatic hydroxyl groups is 6. The van der Waals surface area contributed by atoms with Crippen LogP contribution in [0.15, 0.2) is 0 Å². The first-order chi connectivity index (χ1) is 17.9. The van der Waals surface area contributed by atoms with E-state index in [4.69, 9.17) is 41.9 Å². The van der Waals surface area contributed by atoms with Gasteiger partial charge in [0.05, 0.1) is 30.9 Å². The average Bonchev–Trinajstić information content (AvgIpc) is 3.17. The molecule has 16 nitrogen and oxygen atoms in total. The molecule has 0 bridgehead atoms. The van der Waals surface area contributed by atoms with Crippen LogP contribution in [0.3, 0.4) is 0 Å². The van der Waals surface area contributed by atoms with Gasteiger partial charge in [0, 0.05) is 25.6 Å². The molecule has 15 N–H and O–H groups in total. The number of amides is 1. The van der Waals surface area contributed by atoms with Crippen LogP contribution in [-0.4, -0.2) is 148 Å². The van der Waals surface area contributed by atoms with Crippen LogP contribution in [0.5, 0.6) is 0 Å². The molecule has 2 heterocycles. The van der Waals surface area contributed by atoms with E-state index in [0.717, 1.165) is 0 Å². The lowest BCUT2D eigenvalue weighted by Crippen LogP contribution is -2.68. The summed E-state index contributed by atoms with van der Waals surface area (Å²) in [5.74, 6) is -1.16. The lowest BCUT2D eigenvalue weighted by Gasteiger charge is -2.47. The minimum absolute atomic E-state index is 0.0558. The lowest BCUT2D eigenvalue weighted by atomic mass is 9.83. The third kappa shape index (κ3) is 6.76. The molecule has 0 aromatic carbocycles. The molecule has 222 valence electrons. The van der Waals surface area contributed by atoms with Gasteiger partial charge in [-0.05, 0) is 6.42 Å². The van der Waals surface area contributed by atoms with E-state index in [1.54, 1.807) is 0 Å². The number of hydrogen-bond acceptors (Lipinski definition) is 15. The smallest absolute Gasteiger partial charge is 0.252 e. The molecule has 17 heteroatoms. The maximum atomic E-state index is 13.7. The summed E-state index contributed by atoms with van der Waals surface area (Å²) >= 11 is 0. The molecule has 15 atom stereocenters. The van der Waals surface area contributed by atoms with Crippen molar-refractivity contribution in [1.29, 1.82) is 0 Å². The van der Waals surface area contributed by atoms with Crippen LogP contribution >= 0.6 is 0 Å².